The van der Waals surface area contributed by atoms with Crippen LogP contribution in [0, 0.1) is 0 Å². The van der Waals surface area contributed by atoms with E-state index in [-0.39, 0.29) is 12.5 Å². The van der Waals surface area contributed by atoms with Gasteiger partial charge in [-0.2, -0.15) is 0 Å². The molecule has 1 aromatic heterocycles. The van der Waals surface area contributed by atoms with Crippen molar-refractivity contribution in [3.63, 3.8) is 0 Å². The van der Waals surface area contributed by atoms with Crippen LogP contribution < -0.4 is 10.1 Å². The molecule has 2 aliphatic heterocycles. The molecule has 7 nitrogen and oxygen atoms in total. The lowest BCUT2D eigenvalue weighted by Crippen LogP contribution is -2.48. The number of hydrogen-bond acceptors (Lipinski definition) is 5. The van der Waals surface area contributed by atoms with Crippen LogP contribution >= 0.6 is 22.9 Å². The number of nitrogens with zero attached hydrogens (tertiary/aromatic N) is 2. The molecule has 2 aliphatic rings. The largest absolute Gasteiger partial charge is 0.493 e. The summed E-state index contributed by atoms with van der Waals surface area (Å²) in [6.07, 6.45) is 0.324. The molecule has 0 radical (unpaired) electrons. The summed E-state index contributed by atoms with van der Waals surface area (Å²) in [5, 5.41) is 2.81. The molecule has 152 valence electrons. The van der Waals surface area contributed by atoms with Gasteiger partial charge in [-0.05, 0) is 25.1 Å². The summed E-state index contributed by atoms with van der Waals surface area (Å²) in [6.45, 7) is 2.71. The first-order valence-electron chi connectivity index (χ1n) is 9.33. The number of thiophene rings is 1. The smallest absolute Gasteiger partial charge is 0.325 e. The Kier molecular flexibility index (Phi) is 5.23. The second-order valence-corrected chi connectivity index (χ2v) is 8.73. The molecular weight excluding hydrogens is 414 g/mol. The molecule has 1 fully saturated rings. The summed E-state index contributed by atoms with van der Waals surface area (Å²) < 4.78 is 6.28. The Morgan fingerprint density at radius 3 is 2.83 bits per heavy atom. The number of nitrogens with one attached hydrogen (secondary N) is 1. The van der Waals surface area contributed by atoms with E-state index in [1.165, 1.54) is 11.3 Å². The average molecular weight is 434 g/mol. The first-order chi connectivity index (χ1) is 13.9. The maximum absolute atomic E-state index is 13.3. The van der Waals surface area contributed by atoms with Gasteiger partial charge in [-0.1, -0.05) is 29.8 Å². The number of hydrogen-bond donors (Lipinski definition) is 1. The zero-order valence-electron chi connectivity index (χ0n) is 15.8. The molecule has 0 saturated carbocycles. The molecule has 1 spiro atoms. The number of carbonyl (C=O) groups excluding carboxylic acids is 3. The molecule has 3 heterocycles. The van der Waals surface area contributed by atoms with Gasteiger partial charge < -0.3 is 15.0 Å². The van der Waals surface area contributed by atoms with Crippen molar-refractivity contribution < 1.29 is 19.1 Å². The Morgan fingerprint density at radius 1 is 1.31 bits per heavy atom. The lowest BCUT2D eigenvalue weighted by Gasteiger charge is -2.33. The topological polar surface area (TPSA) is 79.0 Å². The van der Waals surface area contributed by atoms with E-state index in [2.05, 4.69) is 5.32 Å². The van der Waals surface area contributed by atoms with Crippen molar-refractivity contribution in [2.75, 3.05) is 19.7 Å². The van der Waals surface area contributed by atoms with Gasteiger partial charge in [-0.15, -0.1) is 11.3 Å². The normalized spacial score (nSPS) is 20.4. The van der Waals surface area contributed by atoms with E-state index >= 15 is 0 Å². The van der Waals surface area contributed by atoms with Crippen LogP contribution in [-0.4, -0.2) is 47.3 Å². The zero-order valence-corrected chi connectivity index (χ0v) is 17.4. The van der Waals surface area contributed by atoms with Crippen LogP contribution in [0.2, 0.25) is 4.34 Å². The number of benzene rings is 1. The number of fused-ring (bicyclic) bond motifs is 2. The predicted octanol–water partition coefficient (Wildman–Crippen LogP) is 2.98. The van der Waals surface area contributed by atoms with Crippen molar-refractivity contribution in [1.82, 2.24) is 15.1 Å². The van der Waals surface area contributed by atoms with E-state index in [0.717, 1.165) is 9.78 Å². The van der Waals surface area contributed by atoms with Crippen LogP contribution in [0.5, 0.6) is 5.75 Å². The van der Waals surface area contributed by atoms with Crippen molar-refractivity contribution in [2.24, 2.45) is 0 Å². The molecular formula is C20H20ClN3O4S. The number of ether oxygens (including phenoxy) is 1. The minimum Gasteiger partial charge on any atom is -0.493 e. The highest BCUT2D eigenvalue weighted by Gasteiger charge is 2.55. The minimum atomic E-state index is -1.18. The van der Waals surface area contributed by atoms with Crippen molar-refractivity contribution >= 4 is 40.8 Å². The van der Waals surface area contributed by atoms with Crippen molar-refractivity contribution in [3.8, 4) is 5.75 Å². The fourth-order valence-electron chi connectivity index (χ4n) is 3.75. The van der Waals surface area contributed by atoms with Gasteiger partial charge in [0.2, 0.25) is 5.91 Å². The van der Waals surface area contributed by atoms with Crippen molar-refractivity contribution in [1.29, 1.82) is 0 Å². The van der Waals surface area contributed by atoms with Gasteiger partial charge in [0, 0.05) is 23.4 Å². The monoisotopic (exact) mass is 433 g/mol. The third kappa shape index (κ3) is 3.47. The molecule has 4 rings (SSSR count). The molecule has 4 amide bonds. The summed E-state index contributed by atoms with van der Waals surface area (Å²) in [5.74, 6) is -0.134. The summed E-state index contributed by atoms with van der Waals surface area (Å²) in [4.78, 5) is 42.3. The van der Waals surface area contributed by atoms with Gasteiger partial charge in [-0.25, -0.2) is 4.79 Å². The predicted molar refractivity (Wildman–Crippen MR) is 109 cm³/mol. The van der Waals surface area contributed by atoms with Gasteiger partial charge >= 0.3 is 6.03 Å². The van der Waals surface area contributed by atoms with Crippen molar-refractivity contribution in [2.45, 2.75) is 25.4 Å². The molecule has 0 bridgehead atoms. The van der Waals surface area contributed by atoms with Crippen LogP contribution in [0.25, 0.3) is 0 Å². The van der Waals surface area contributed by atoms with Gasteiger partial charge in [-0.3, -0.25) is 14.5 Å². The summed E-state index contributed by atoms with van der Waals surface area (Å²) in [6, 6.07) is 10.2. The average Bonchev–Trinajstić information content (AvgIpc) is 3.23. The number of amides is 4. The fourth-order valence-corrected chi connectivity index (χ4v) is 4.86. The molecule has 29 heavy (non-hydrogen) atoms. The summed E-state index contributed by atoms with van der Waals surface area (Å²) >= 11 is 7.37. The zero-order chi connectivity index (χ0) is 20.6. The van der Waals surface area contributed by atoms with Crippen LogP contribution in [0.1, 0.15) is 23.8 Å². The highest BCUT2D eigenvalue weighted by Crippen LogP contribution is 2.40. The molecule has 9 heteroatoms. The van der Waals surface area contributed by atoms with E-state index in [4.69, 9.17) is 16.3 Å². The highest BCUT2D eigenvalue weighted by molar-refractivity contribution is 7.16. The van der Waals surface area contributed by atoms with E-state index in [9.17, 15) is 14.4 Å². The van der Waals surface area contributed by atoms with Gasteiger partial charge in [0.25, 0.3) is 5.91 Å². The number of para-hydroxylation sites is 1. The standard InChI is InChI=1S/C20H20ClN3O4S/c1-2-23(11-13-7-8-16(21)29-13)17(25)12-24-18(26)20(22-19(24)27)9-10-28-15-6-4-3-5-14(15)20/h3-8H,2,9-12H2,1H3,(H,22,27)/t20-/m0/s1. The van der Waals surface area contributed by atoms with Gasteiger partial charge in [0.1, 0.15) is 12.3 Å². The van der Waals surface area contributed by atoms with Crippen LogP contribution in [0.3, 0.4) is 0 Å². The van der Waals surface area contributed by atoms with E-state index < -0.39 is 17.5 Å². The molecule has 0 unspecified atom stereocenters. The Balaban J connectivity index is 1.53. The van der Waals surface area contributed by atoms with Crippen molar-refractivity contribution in [3.05, 3.63) is 51.2 Å². The number of likely N-dealkylation sites (N-methyl/N-ethyl adjacent to an activating group) is 1. The Hall–Kier alpha value is -2.58. The maximum atomic E-state index is 13.3. The Morgan fingerprint density at radius 2 is 2.10 bits per heavy atom. The molecule has 0 aliphatic carbocycles. The molecule has 2 aromatic rings. The second-order valence-electron chi connectivity index (χ2n) is 6.94. The van der Waals surface area contributed by atoms with Crippen LogP contribution in [0.4, 0.5) is 4.79 Å². The second kappa shape index (κ2) is 7.68. The minimum absolute atomic E-state index is 0.294. The van der Waals surface area contributed by atoms with E-state index in [1.54, 1.807) is 29.2 Å². The summed E-state index contributed by atoms with van der Waals surface area (Å²) in [5.41, 5.74) is -0.551. The summed E-state index contributed by atoms with van der Waals surface area (Å²) in [7, 11) is 0. The SMILES string of the molecule is CCN(Cc1ccc(Cl)s1)C(=O)CN1C(=O)N[C@]2(CCOc3ccccc32)C1=O. The van der Waals surface area contributed by atoms with Gasteiger partial charge in [0.05, 0.1) is 17.5 Å². The third-order valence-corrected chi connectivity index (χ3v) is 6.48. The third-order valence-electron chi connectivity index (χ3n) is 5.26. The fraction of sp³-hybridized carbons (Fsp3) is 0.350. The number of halogens is 1. The highest BCUT2D eigenvalue weighted by atomic mass is 35.5. The molecule has 1 atom stereocenters. The van der Waals surface area contributed by atoms with E-state index in [1.807, 2.05) is 19.1 Å². The Labute approximate surface area is 177 Å². The quantitative estimate of drug-likeness (QED) is 0.735. The molecule has 1 aromatic carbocycles. The number of rotatable bonds is 5. The number of imide groups is 1. The van der Waals surface area contributed by atoms with Crippen LogP contribution in [-0.2, 0) is 21.7 Å². The number of carbonyl (C=O) groups is 3. The lowest BCUT2D eigenvalue weighted by molar-refractivity contribution is -0.139. The van der Waals surface area contributed by atoms with Crippen LogP contribution in [0.15, 0.2) is 36.4 Å². The lowest BCUT2D eigenvalue weighted by atomic mass is 9.84. The van der Waals surface area contributed by atoms with E-state index in [0.29, 0.717) is 41.8 Å². The Bertz CT molecular complexity index is 978. The number of urea groups is 1. The molecule has 1 N–H and O–H groups in total. The first-order valence-corrected chi connectivity index (χ1v) is 10.5. The maximum Gasteiger partial charge on any atom is 0.325 e. The first kappa shape index (κ1) is 19.7. The molecule has 1 saturated heterocycles. The van der Waals surface area contributed by atoms with Gasteiger partial charge in [0.15, 0.2) is 5.54 Å².